The molecular weight excluding hydrogens is 238 g/mol. The summed E-state index contributed by atoms with van der Waals surface area (Å²) in [7, 11) is 0. The maximum absolute atomic E-state index is 3.67. The highest BCUT2D eigenvalue weighted by molar-refractivity contribution is 7.17. The predicted octanol–water partition coefficient (Wildman–Crippen LogP) is 4.22. The second-order valence-corrected chi connectivity index (χ2v) is 6.33. The molecule has 0 aliphatic heterocycles. The number of rotatable bonds is 6. The molecule has 1 aliphatic carbocycles. The zero-order chi connectivity index (χ0) is 12.4. The molecule has 1 fully saturated rings. The molecule has 1 aromatic heterocycles. The molecule has 96 valence electrons. The van der Waals surface area contributed by atoms with Crippen LogP contribution in [0.25, 0.3) is 10.1 Å². The quantitative estimate of drug-likeness (QED) is 0.819. The predicted molar refractivity (Wildman–Crippen MR) is 80.3 cm³/mol. The van der Waals surface area contributed by atoms with E-state index in [0.717, 1.165) is 12.0 Å². The molecule has 0 saturated heterocycles. The minimum Gasteiger partial charge on any atom is -0.314 e. The summed E-state index contributed by atoms with van der Waals surface area (Å²) in [5.74, 6) is 0.781. The lowest BCUT2D eigenvalue weighted by Crippen LogP contribution is -2.25. The number of thiophene rings is 1. The minimum atomic E-state index is 0.781. The van der Waals surface area contributed by atoms with Crippen molar-refractivity contribution in [1.29, 1.82) is 0 Å². The highest BCUT2D eigenvalue weighted by Crippen LogP contribution is 2.28. The van der Waals surface area contributed by atoms with Crippen LogP contribution in [0.3, 0.4) is 0 Å². The Hall–Kier alpha value is -0.860. The molecule has 1 unspecified atom stereocenters. The Morgan fingerprint density at radius 2 is 2.17 bits per heavy atom. The van der Waals surface area contributed by atoms with Crippen molar-refractivity contribution in [3.63, 3.8) is 0 Å². The van der Waals surface area contributed by atoms with Crippen LogP contribution in [0.4, 0.5) is 0 Å². The Kier molecular flexibility index (Phi) is 3.67. The molecule has 18 heavy (non-hydrogen) atoms. The standard InChI is InChI=1S/C16H21NS/c1-2-12(10-17-14-7-8-14)9-13-11-18-16-6-4-3-5-15(13)16/h3-6,11-12,14,17H,2,7-10H2,1H3. The molecule has 2 heteroatoms. The summed E-state index contributed by atoms with van der Waals surface area (Å²) in [6.07, 6.45) is 5.26. The lowest BCUT2D eigenvalue weighted by atomic mass is 9.96. The van der Waals surface area contributed by atoms with E-state index in [2.05, 4.69) is 41.9 Å². The van der Waals surface area contributed by atoms with E-state index in [1.54, 1.807) is 5.56 Å². The van der Waals surface area contributed by atoms with Crippen molar-refractivity contribution in [3.05, 3.63) is 35.2 Å². The lowest BCUT2D eigenvalue weighted by molar-refractivity contribution is 0.460. The maximum atomic E-state index is 3.67. The van der Waals surface area contributed by atoms with Gasteiger partial charge >= 0.3 is 0 Å². The number of fused-ring (bicyclic) bond motifs is 1. The van der Waals surface area contributed by atoms with Gasteiger partial charge in [0.05, 0.1) is 0 Å². The third-order valence-corrected chi connectivity index (χ3v) is 4.93. The van der Waals surface area contributed by atoms with Gasteiger partial charge < -0.3 is 5.32 Å². The van der Waals surface area contributed by atoms with Gasteiger partial charge in [-0.3, -0.25) is 0 Å². The van der Waals surface area contributed by atoms with Gasteiger partial charge in [-0.1, -0.05) is 31.5 Å². The highest BCUT2D eigenvalue weighted by Gasteiger charge is 2.21. The largest absolute Gasteiger partial charge is 0.314 e. The maximum Gasteiger partial charge on any atom is 0.0345 e. The van der Waals surface area contributed by atoms with Crippen LogP contribution < -0.4 is 5.32 Å². The smallest absolute Gasteiger partial charge is 0.0345 e. The lowest BCUT2D eigenvalue weighted by Gasteiger charge is -2.15. The van der Waals surface area contributed by atoms with Crippen molar-refractivity contribution >= 4 is 21.4 Å². The van der Waals surface area contributed by atoms with Crippen LogP contribution in [-0.4, -0.2) is 12.6 Å². The van der Waals surface area contributed by atoms with Crippen molar-refractivity contribution in [2.75, 3.05) is 6.54 Å². The Labute approximate surface area is 113 Å². The second-order valence-electron chi connectivity index (χ2n) is 5.42. The minimum absolute atomic E-state index is 0.781. The van der Waals surface area contributed by atoms with Crippen LogP contribution in [0.2, 0.25) is 0 Å². The molecule has 1 N–H and O–H groups in total. The topological polar surface area (TPSA) is 12.0 Å². The molecule has 1 aliphatic rings. The van der Waals surface area contributed by atoms with Crippen molar-refractivity contribution < 1.29 is 0 Å². The summed E-state index contributed by atoms with van der Waals surface area (Å²) in [5, 5.41) is 7.49. The summed E-state index contributed by atoms with van der Waals surface area (Å²) < 4.78 is 1.43. The van der Waals surface area contributed by atoms with Gasteiger partial charge in [0.15, 0.2) is 0 Å². The van der Waals surface area contributed by atoms with Gasteiger partial charge in [0.2, 0.25) is 0 Å². The first-order valence-corrected chi connectivity index (χ1v) is 7.93. The van der Waals surface area contributed by atoms with Crippen molar-refractivity contribution in [2.24, 2.45) is 5.92 Å². The number of benzene rings is 1. The fourth-order valence-corrected chi connectivity index (χ4v) is 3.46. The third kappa shape index (κ3) is 2.76. The fraction of sp³-hybridized carbons (Fsp3) is 0.500. The van der Waals surface area contributed by atoms with E-state index in [-0.39, 0.29) is 0 Å². The molecule has 1 heterocycles. The summed E-state index contributed by atoms with van der Waals surface area (Å²) in [4.78, 5) is 0. The van der Waals surface area contributed by atoms with Crippen molar-refractivity contribution in [1.82, 2.24) is 5.32 Å². The molecule has 0 amide bonds. The molecule has 1 atom stereocenters. The summed E-state index contributed by atoms with van der Waals surface area (Å²) in [6, 6.07) is 9.62. The molecule has 1 nitrogen and oxygen atoms in total. The van der Waals surface area contributed by atoms with E-state index >= 15 is 0 Å². The van der Waals surface area contributed by atoms with E-state index in [4.69, 9.17) is 0 Å². The van der Waals surface area contributed by atoms with Gasteiger partial charge in [-0.05, 0) is 54.1 Å². The molecule has 1 aromatic carbocycles. The van der Waals surface area contributed by atoms with E-state index in [0.29, 0.717) is 0 Å². The monoisotopic (exact) mass is 259 g/mol. The molecule has 0 bridgehead atoms. The normalized spacial score (nSPS) is 17.2. The van der Waals surface area contributed by atoms with Gasteiger partial charge in [0, 0.05) is 10.7 Å². The SMILES string of the molecule is CCC(CNC1CC1)Cc1csc2ccccc12. The Morgan fingerprint density at radius 3 is 2.94 bits per heavy atom. The van der Waals surface area contributed by atoms with Crippen LogP contribution >= 0.6 is 11.3 Å². The second kappa shape index (κ2) is 5.41. The molecule has 0 radical (unpaired) electrons. The number of hydrogen-bond donors (Lipinski definition) is 1. The van der Waals surface area contributed by atoms with Crippen molar-refractivity contribution in [2.45, 2.75) is 38.6 Å². The van der Waals surface area contributed by atoms with Crippen LogP contribution in [-0.2, 0) is 6.42 Å². The van der Waals surface area contributed by atoms with Gasteiger partial charge in [0.25, 0.3) is 0 Å². The van der Waals surface area contributed by atoms with Gasteiger partial charge in [-0.15, -0.1) is 11.3 Å². The molecular formula is C16H21NS. The third-order valence-electron chi connectivity index (χ3n) is 3.92. The van der Waals surface area contributed by atoms with Gasteiger partial charge in [0.1, 0.15) is 0 Å². The average Bonchev–Trinajstić information content (AvgIpc) is 3.15. The molecule has 3 rings (SSSR count). The van der Waals surface area contributed by atoms with Crippen LogP contribution in [0, 0.1) is 5.92 Å². The van der Waals surface area contributed by atoms with E-state index in [9.17, 15) is 0 Å². The van der Waals surface area contributed by atoms with Crippen LogP contribution in [0.15, 0.2) is 29.6 Å². The van der Waals surface area contributed by atoms with Crippen LogP contribution in [0.5, 0.6) is 0 Å². The van der Waals surface area contributed by atoms with Crippen molar-refractivity contribution in [3.8, 4) is 0 Å². The van der Waals surface area contributed by atoms with Gasteiger partial charge in [-0.2, -0.15) is 0 Å². The van der Waals surface area contributed by atoms with E-state index in [1.165, 1.54) is 42.3 Å². The summed E-state index contributed by atoms with van der Waals surface area (Å²) in [6.45, 7) is 3.50. The molecule has 1 saturated carbocycles. The first kappa shape index (κ1) is 12.2. The first-order valence-electron chi connectivity index (χ1n) is 7.05. The highest BCUT2D eigenvalue weighted by atomic mass is 32.1. The summed E-state index contributed by atoms with van der Waals surface area (Å²) in [5.41, 5.74) is 1.54. The number of nitrogens with one attached hydrogen (secondary N) is 1. The van der Waals surface area contributed by atoms with E-state index in [1.807, 2.05) is 11.3 Å². The molecule has 0 spiro atoms. The Morgan fingerprint density at radius 1 is 1.33 bits per heavy atom. The average molecular weight is 259 g/mol. The molecule has 2 aromatic rings. The van der Waals surface area contributed by atoms with Crippen LogP contribution in [0.1, 0.15) is 31.7 Å². The zero-order valence-corrected chi connectivity index (χ0v) is 11.8. The number of hydrogen-bond acceptors (Lipinski definition) is 2. The van der Waals surface area contributed by atoms with Gasteiger partial charge in [-0.25, -0.2) is 0 Å². The van der Waals surface area contributed by atoms with E-state index < -0.39 is 0 Å². The fourth-order valence-electron chi connectivity index (χ4n) is 2.48. The Balaban J connectivity index is 1.69. The first-order chi connectivity index (χ1) is 8.86. The Bertz CT molecular complexity index is 513. The summed E-state index contributed by atoms with van der Waals surface area (Å²) >= 11 is 1.88. The zero-order valence-electron chi connectivity index (χ0n) is 11.0.